The fourth-order valence-electron chi connectivity index (χ4n) is 2.28. The fraction of sp³-hybridized carbons (Fsp3) is 0.273. The molecule has 1 aliphatic heterocycles. The molecule has 0 saturated carbocycles. The van der Waals surface area contributed by atoms with E-state index in [0.717, 1.165) is 0 Å². The van der Waals surface area contributed by atoms with Crippen LogP contribution >= 0.6 is 12.6 Å². The van der Waals surface area contributed by atoms with Gasteiger partial charge >= 0.3 is 0 Å². The molecule has 3 unspecified atom stereocenters. The molecule has 0 spiro atoms. The minimum absolute atomic E-state index is 0.0537. The van der Waals surface area contributed by atoms with Crippen molar-refractivity contribution in [2.75, 3.05) is 0 Å². The highest BCUT2D eigenvalue weighted by atomic mass is 32.1. The zero-order chi connectivity index (χ0) is 9.54. The van der Waals surface area contributed by atoms with Crippen LogP contribution in [0.3, 0.4) is 0 Å². The van der Waals surface area contributed by atoms with E-state index in [1.807, 2.05) is 0 Å². The Labute approximate surface area is 88.9 Å². The summed E-state index contributed by atoms with van der Waals surface area (Å²) in [6, 6.07) is 0.384. The van der Waals surface area contributed by atoms with Gasteiger partial charge in [0.2, 0.25) is 0 Å². The first-order chi connectivity index (χ1) is 6.84. The lowest BCUT2D eigenvalue weighted by molar-refractivity contribution is 0.389. The Bertz CT molecular complexity index is 379. The van der Waals surface area contributed by atoms with E-state index in [2.05, 4.69) is 59.7 Å². The van der Waals surface area contributed by atoms with Gasteiger partial charge in [-0.05, 0) is 11.6 Å². The van der Waals surface area contributed by atoms with Gasteiger partial charge in [-0.15, -0.1) is 12.6 Å². The summed E-state index contributed by atoms with van der Waals surface area (Å²) >= 11 is 4.40. The summed E-state index contributed by atoms with van der Waals surface area (Å²) in [7, 11) is 0. The lowest BCUT2D eigenvalue weighted by atomic mass is 9.81. The smallest absolute Gasteiger partial charge is 0.123 e. The first-order valence-electron chi connectivity index (χ1n) is 4.82. The van der Waals surface area contributed by atoms with Crippen LogP contribution in [0.5, 0.6) is 0 Å². The van der Waals surface area contributed by atoms with Gasteiger partial charge in [-0.25, -0.2) is 0 Å². The Morgan fingerprint density at radius 2 is 2.14 bits per heavy atom. The van der Waals surface area contributed by atoms with Crippen LogP contribution in [0.4, 0.5) is 0 Å². The molecule has 0 bridgehead atoms. The molecule has 3 atom stereocenters. The normalized spacial score (nSPS) is 38.2. The predicted octanol–water partition coefficient (Wildman–Crippen LogP) is 1.33. The zero-order valence-corrected chi connectivity index (χ0v) is 8.54. The van der Waals surface area contributed by atoms with Crippen molar-refractivity contribution in [3.8, 4) is 0 Å². The van der Waals surface area contributed by atoms with E-state index in [4.69, 9.17) is 0 Å². The third-order valence-corrected chi connectivity index (χ3v) is 3.16. The molecule has 0 amide bonds. The summed E-state index contributed by atoms with van der Waals surface area (Å²) in [5.74, 6) is 0.452. The third kappa shape index (κ3) is 1.16. The van der Waals surface area contributed by atoms with Gasteiger partial charge in [0.05, 0.1) is 0 Å². The lowest BCUT2D eigenvalue weighted by Gasteiger charge is -2.40. The van der Waals surface area contributed by atoms with E-state index in [9.17, 15) is 0 Å². The van der Waals surface area contributed by atoms with Crippen LogP contribution in [-0.2, 0) is 0 Å². The maximum Gasteiger partial charge on any atom is 0.123 e. The Hall–Kier alpha value is -0.930. The van der Waals surface area contributed by atoms with Gasteiger partial charge in [0, 0.05) is 17.7 Å². The van der Waals surface area contributed by atoms with E-state index < -0.39 is 0 Å². The van der Waals surface area contributed by atoms with Crippen LogP contribution in [0, 0.1) is 5.92 Å². The quantitative estimate of drug-likeness (QED) is 0.519. The topological polar surface area (TPSA) is 24.1 Å². The molecule has 0 aromatic heterocycles. The van der Waals surface area contributed by atoms with Crippen molar-refractivity contribution in [3.63, 3.8) is 0 Å². The second kappa shape index (κ2) is 3.04. The Kier molecular flexibility index (Phi) is 1.82. The summed E-state index contributed by atoms with van der Waals surface area (Å²) in [5.41, 5.74) is 2.69. The van der Waals surface area contributed by atoms with E-state index >= 15 is 0 Å². The molecule has 1 heterocycles. The Morgan fingerprint density at radius 1 is 1.21 bits per heavy atom. The first-order valence-corrected chi connectivity index (χ1v) is 5.33. The summed E-state index contributed by atoms with van der Waals surface area (Å²) in [6.45, 7) is 0. The number of nitrogens with one attached hydrogen (secondary N) is 2. The second-order valence-electron chi connectivity index (χ2n) is 3.75. The largest absolute Gasteiger partial charge is 0.364 e. The highest BCUT2D eigenvalue weighted by Gasteiger charge is 2.34. The summed E-state index contributed by atoms with van der Waals surface area (Å²) in [6.07, 6.45) is 12.9. The maximum absolute atomic E-state index is 4.40. The number of allylic oxidation sites excluding steroid dienone is 5. The highest BCUT2D eigenvalue weighted by Crippen LogP contribution is 2.33. The van der Waals surface area contributed by atoms with Gasteiger partial charge in [-0.2, -0.15) is 0 Å². The molecule has 0 aromatic carbocycles. The molecular formula is C11H12N2S. The molecule has 2 N–H and O–H groups in total. The van der Waals surface area contributed by atoms with Crippen LogP contribution in [0.2, 0.25) is 0 Å². The van der Waals surface area contributed by atoms with Crippen molar-refractivity contribution in [1.29, 1.82) is 0 Å². The predicted molar refractivity (Wildman–Crippen MR) is 60.8 cm³/mol. The summed E-state index contributed by atoms with van der Waals surface area (Å²) in [4.78, 5) is 0. The monoisotopic (exact) mass is 204 g/mol. The van der Waals surface area contributed by atoms with Gasteiger partial charge in [-0.1, -0.05) is 30.4 Å². The molecule has 0 aromatic rings. The van der Waals surface area contributed by atoms with Crippen molar-refractivity contribution in [1.82, 2.24) is 10.6 Å². The fourth-order valence-corrected chi connectivity index (χ4v) is 2.60. The standard InChI is InChI=1S/C11H12N2S/c14-11-12-8-5-1-3-7-4-2-6-9(13-11)10(7)8/h1-6,8,10-14H. The zero-order valence-electron chi connectivity index (χ0n) is 7.64. The number of rotatable bonds is 0. The lowest BCUT2D eigenvalue weighted by Crippen LogP contribution is -2.55. The van der Waals surface area contributed by atoms with Crippen LogP contribution in [0.1, 0.15) is 0 Å². The number of thiol groups is 1. The van der Waals surface area contributed by atoms with Crippen molar-refractivity contribution in [2.24, 2.45) is 5.92 Å². The SMILES string of the molecule is SC1NC2=CC=CC3=CC=CC(N1)C32. The third-order valence-electron chi connectivity index (χ3n) is 2.88. The van der Waals surface area contributed by atoms with Gasteiger partial charge < -0.3 is 5.32 Å². The molecule has 2 aliphatic carbocycles. The average molecular weight is 204 g/mol. The molecule has 3 heteroatoms. The van der Waals surface area contributed by atoms with Gasteiger partial charge in [-0.3, -0.25) is 5.32 Å². The van der Waals surface area contributed by atoms with Gasteiger partial charge in [0.15, 0.2) is 0 Å². The van der Waals surface area contributed by atoms with Gasteiger partial charge in [0.1, 0.15) is 5.50 Å². The Balaban J connectivity index is 2.05. The molecule has 1 fully saturated rings. The second-order valence-corrected chi connectivity index (χ2v) is 4.27. The van der Waals surface area contributed by atoms with Gasteiger partial charge in [0.25, 0.3) is 0 Å². The van der Waals surface area contributed by atoms with Crippen LogP contribution in [0.25, 0.3) is 0 Å². The molecular weight excluding hydrogens is 192 g/mol. The highest BCUT2D eigenvalue weighted by molar-refractivity contribution is 7.80. The van der Waals surface area contributed by atoms with Crippen LogP contribution in [0.15, 0.2) is 47.7 Å². The maximum atomic E-state index is 4.40. The van der Waals surface area contributed by atoms with Crippen LogP contribution < -0.4 is 10.6 Å². The molecule has 14 heavy (non-hydrogen) atoms. The van der Waals surface area contributed by atoms with Crippen molar-refractivity contribution >= 4 is 12.6 Å². The molecule has 1 saturated heterocycles. The van der Waals surface area contributed by atoms with E-state index in [0.29, 0.717) is 12.0 Å². The first kappa shape index (κ1) is 8.38. The van der Waals surface area contributed by atoms with Crippen LogP contribution in [-0.4, -0.2) is 11.5 Å². The van der Waals surface area contributed by atoms with E-state index in [1.165, 1.54) is 11.3 Å². The van der Waals surface area contributed by atoms with E-state index in [1.54, 1.807) is 0 Å². The minimum atomic E-state index is 0.0537. The molecule has 72 valence electrons. The minimum Gasteiger partial charge on any atom is -0.364 e. The molecule has 2 nitrogen and oxygen atoms in total. The van der Waals surface area contributed by atoms with Crippen molar-refractivity contribution in [3.05, 3.63) is 47.7 Å². The van der Waals surface area contributed by atoms with E-state index in [-0.39, 0.29) is 5.50 Å². The average Bonchev–Trinajstić information content (AvgIpc) is 2.18. The number of hydrogen-bond donors (Lipinski definition) is 3. The van der Waals surface area contributed by atoms with Crippen molar-refractivity contribution < 1.29 is 0 Å². The summed E-state index contributed by atoms with van der Waals surface area (Å²) < 4.78 is 0. The molecule has 3 aliphatic rings. The van der Waals surface area contributed by atoms with Crippen molar-refractivity contribution in [2.45, 2.75) is 11.5 Å². The summed E-state index contributed by atoms with van der Waals surface area (Å²) in [5, 5.41) is 6.73. The molecule has 0 radical (unpaired) electrons. The Morgan fingerprint density at radius 3 is 3.07 bits per heavy atom. The number of hydrogen-bond acceptors (Lipinski definition) is 3. The molecule has 3 rings (SSSR count).